The lowest BCUT2D eigenvalue weighted by Gasteiger charge is -2.33. The second-order valence-corrected chi connectivity index (χ2v) is 5.73. The maximum Gasteiger partial charge on any atom is 0.248 e. The summed E-state index contributed by atoms with van der Waals surface area (Å²) < 4.78 is 1.72. The Morgan fingerprint density at radius 3 is 2.71 bits per heavy atom. The monoisotopic (exact) mass is 322 g/mol. The van der Waals surface area contributed by atoms with E-state index in [1.807, 2.05) is 36.4 Å². The third-order valence-electron chi connectivity index (χ3n) is 4.06. The third kappa shape index (κ3) is 3.03. The van der Waals surface area contributed by atoms with Gasteiger partial charge in [-0.15, -0.1) is 0 Å². The van der Waals surface area contributed by atoms with Gasteiger partial charge in [-0.2, -0.15) is 4.68 Å². The minimum Gasteiger partial charge on any atom is -0.348 e. The molecule has 0 saturated carbocycles. The Hall–Kier alpha value is -3.03. The number of aromatic nitrogens is 6. The molecule has 3 heterocycles. The van der Waals surface area contributed by atoms with Gasteiger partial charge < -0.3 is 10.2 Å². The summed E-state index contributed by atoms with van der Waals surface area (Å²) in [5, 5.41) is 15.5. The van der Waals surface area contributed by atoms with Crippen LogP contribution in [0.15, 0.2) is 48.8 Å². The molecule has 0 aliphatic carbocycles. The molecule has 0 amide bonds. The summed E-state index contributed by atoms with van der Waals surface area (Å²) in [5.74, 6) is 1.42. The molecule has 1 N–H and O–H groups in total. The van der Waals surface area contributed by atoms with E-state index in [9.17, 15) is 0 Å². The van der Waals surface area contributed by atoms with Crippen LogP contribution in [0.5, 0.6) is 0 Å². The van der Waals surface area contributed by atoms with Crippen LogP contribution in [0.4, 0.5) is 11.9 Å². The van der Waals surface area contributed by atoms with Crippen molar-refractivity contribution in [2.45, 2.75) is 18.9 Å². The molecule has 1 aliphatic rings. The van der Waals surface area contributed by atoms with Crippen LogP contribution in [0.25, 0.3) is 5.69 Å². The number of tetrazole rings is 1. The third-order valence-corrected chi connectivity index (χ3v) is 4.06. The predicted octanol–water partition coefficient (Wildman–Crippen LogP) is 1.53. The highest BCUT2D eigenvalue weighted by molar-refractivity contribution is 5.40. The standard InChI is InChI=1S/C16H18N8/c1-2-7-14(8-3-1)24-16(20-21-22-24)19-13-6-4-11-23(12-13)15-17-9-5-10-18-15/h1-3,5,7-10,13H,4,6,11-12H2,(H,19,20,22)/t13-/m1/s1. The van der Waals surface area contributed by atoms with Gasteiger partial charge in [0.05, 0.1) is 5.69 Å². The number of nitrogens with one attached hydrogen (secondary N) is 1. The van der Waals surface area contributed by atoms with Gasteiger partial charge in [0.2, 0.25) is 11.9 Å². The van der Waals surface area contributed by atoms with Crippen molar-refractivity contribution in [3.8, 4) is 5.69 Å². The molecular formula is C16H18N8. The minimum atomic E-state index is 0.246. The van der Waals surface area contributed by atoms with E-state index in [1.165, 1.54) is 0 Å². The maximum absolute atomic E-state index is 4.34. The molecule has 0 spiro atoms. The van der Waals surface area contributed by atoms with Crippen LogP contribution in [-0.4, -0.2) is 49.3 Å². The summed E-state index contributed by atoms with van der Waals surface area (Å²) in [6.45, 7) is 1.79. The van der Waals surface area contributed by atoms with Crippen molar-refractivity contribution in [2.24, 2.45) is 0 Å². The number of para-hydroxylation sites is 1. The lowest BCUT2D eigenvalue weighted by molar-refractivity contribution is 0.519. The molecule has 0 radical (unpaired) electrons. The van der Waals surface area contributed by atoms with Gasteiger partial charge in [0.25, 0.3) is 0 Å². The summed E-state index contributed by atoms with van der Waals surface area (Å²) >= 11 is 0. The van der Waals surface area contributed by atoms with Crippen LogP contribution in [0.2, 0.25) is 0 Å². The Bertz CT molecular complexity index is 773. The van der Waals surface area contributed by atoms with Crippen molar-refractivity contribution in [3.05, 3.63) is 48.8 Å². The van der Waals surface area contributed by atoms with E-state index >= 15 is 0 Å². The molecular weight excluding hydrogens is 304 g/mol. The molecule has 122 valence electrons. The van der Waals surface area contributed by atoms with Crippen LogP contribution in [0.1, 0.15) is 12.8 Å². The van der Waals surface area contributed by atoms with Crippen molar-refractivity contribution in [2.75, 3.05) is 23.3 Å². The molecule has 1 atom stereocenters. The largest absolute Gasteiger partial charge is 0.348 e. The smallest absolute Gasteiger partial charge is 0.248 e. The molecule has 1 aromatic carbocycles. The molecule has 0 bridgehead atoms. The van der Waals surface area contributed by atoms with Gasteiger partial charge in [0.15, 0.2) is 0 Å². The molecule has 8 heteroatoms. The zero-order valence-electron chi connectivity index (χ0n) is 13.2. The van der Waals surface area contributed by atoms with E-state index in [0.29, 0.717) is 5.95 Å². The second-order valence-electron chi connectivity index (χ2n) is 5.73. The van der Waals surface area contributed by atoms with E-state index in [0.717, 1.165) is 37.6 Å². The number of benzene rings is 1. The molecule has 24 heavy (non-hydrogen) atoms. The number of piperidine rings is 1. The Morgan fingerprint density at radius 2 is 1.88 bits per heavy atom. The van der Waals surface area contributed by atoms with Gasteiger partial charge in [-0.25, -0.2) is 9.97 Å². The van der Waals surface area contributed by atoms with Crippen molar-refractivity contribution in [1.29, 1.82) is 0 Å². The first-order valence-electron chi connectivity index (χ1n) is 8.02. The van der Waals surface area contributed by atoms with Gasteiger partial charge in [-0.05, 0) is 41.5 Å². The summed E-state index contributed by atoms with van der Waals surface area (Å²) in [7, 11) is 0. The number of hydrogen-bond acceptors (Lipinski definition) is 7. The van der Waals surface area contributed by atoms with Gasteiger partial charge in [0.1, 0.15) is 0 Å². The maximum atomic E-state index is 4.34. The Kier molecular flexibility index (Phi) is 4.01. The van der Waals surface area contributed by atoms with Crippen molar-refractivity contribution in [1.82, 2.24) is 30.2 Å². The minimum absolute atomic E-state index is 0.246. The quantitative estimate of drug-likeness (QED) is 0.779. The van der Waals surface area contributed by atoms with Crippen LogP contribution in [-0.2, 0) is 0 Å². The summed E-state index contributed by atoms with van der Waals surface area (Å²) in [6, 6.07) is 11.9. The summed E-state index contributed by atoms with van der Waals surface area (Å²) in [4.78, 5) is 10.9. The molecule has 2 aromatic heterocycles. The number of anilines is 2. The molecule has 1 fully saturated rings. The van der Waals surface area contributed by atoms with E-state index < -0.39 is 0 Å². The lowest BCUT2D eigenvalue weighted by Crippen LogP contribution is -2.43. The molecule has 3 aromatic rings. The number of hydrogen-bond donors (Lipinski definition) is 1. The van der Waals surface area contributed by atoms with Gasteiger partial charge in [-0.1, -0.05) is 23.3 Å². The fourth-order valence-electron chi connectivity index (χ4n) is 2.93. The van der Waals surface area contributed by atoms with E-state index in [1.54, 1.807) is 17.1 Å². The van der Waals surface area contributed by atoms with Crippen LogP contribution >= 0.6 is 0 Å². The first kappa shape index (κ1) is 14.6. The van der Waals surface area contributed by atoms with E-state index in [2.05, 4.69) is 35.7 Å². The Balaban J connectivity index is 1.49. The fourth-order valence-corrected chi connectivity index (χ4v) is 2.93. The van der Waals surface area contributed by atoms with Crippen molar-refractivity contribution >= 4 is 11.9 Å². The Labute approximate surface area is 139 Å². The van der Waals surface area contributed by atoms with Crippen LogP contribution in [0.3, 0.4) is 0 Å². The fraction of sp³-hybridized carbons (Fsp3) is 0.312. The Morgan fingerprint density at radius 1 is 1.04 bits per heavy atom. The predicted molar refractivity (Wildman–Crippen MR) is 90.0 cm³/mol. The van der Waals surface area contributed by atoms with E-state index in [4.69, 9.17) is 0 Å². The normalized spacial score (nSPS) is 17.7. The van der Waals surface area contributed by atoms with Crippen molar-refractivity contribution < 1.29 is 0 Å². The lowest BCUT2D eigenvalue weighted by atomic mass is 10.1. The summed E-state index contributed by atoms with van der Waals surface area (Å²) in [6.07, 6.45) is 5.68. The first-order valence-corrected chi connectivity index (χ1v) is 8.02. The van der Waals surface area contributed by atoms with Crippen molar-refractivity contribution in [3.63, 3.8) is 0 Å². The highest BCUT2D eigenvalue weighted by Crippen LogP contribution is 2.19. The van der Waals surface area contributed by atoms with E-state index in [-0.39, 0.29) is 6.04 Å². The summed E-state index contributed by atoms with van der Waals surface area (Å²) in [5.41, 5.74) is 0.934. The highest BCUT2D eigenvalue weighted by Gasteiger charge is 2.23. The zero-order valence-corrected chi connectivity index (χ0v) is 13.2. The van der Waals surface area contributed by atoms with Crippen LogP contribution in [0, 0.1) is 0 Å². The molecule has 1 saturated heterocycles. The molecule has 8 nitrogen and oxygen atoms in total. The molecule has 1 aliphatic heterocycles. The topological polar surface area (TPSA) is 84.7 Å². The molecule has 4 rings (SSSR count). The zero-order chi connectivity index (χ0) is 16.2. The highest BCUT2D eigenvalue weighted by atomic mass is 15.6. The SMILES string of the molecule is c1ccc(-n2nnnc2N[C@@H]2CCCN(c3ncccn3)C2)cc1. The van der Waals surface area contributed by atoms with Crippen LogP contribution < -0.4 is 10.2 Å². The number of nitrogens with zero attached hydrogens (tertiary/aromatic N) is 7. The number of rotatable bonds is 4. The first-order chi connectivity index (χ1) is 11.9. The van der Waals surface area contributed by atoms with Gasteiger partial charge in [-0.3, -0.25) is 0 Å². The van der Waals surface area contributed by atoms with Gasteiger partial charge >= 0.3 is 0 Å². The second kappa shape index (κ2) is 6.61. The average molecular weight is 322 g/mol. The molecule has 0 unspecified atom stereocenters. The average Bonchev–Trinajstić information content (AvgIpc) is 3.11. The van der Waals surface area contributed by atoms with Gasteiger partial charge in [0, 0.05) is 31.5 Å².